The van der Waals surface area contributed by atoms with Crippen LogP contribution in [0.1, 0.15) is 12.0 Å². The van der Waals surface area contributed by atoms with E-state index in [0.29, 0.717) is 0 Å². The molecule has 0 fully saturated rings. The monoisotopic (exact) mass is 301 g/mol. The van der Waals surface area contributed by atoms with Crippen molar-refractivity contribution >= 4 is 31.9 Å². The zero-order valence-corrected chi connectivity index (χ0v) is 8.73. The van der Waals surface area contributed by atoms with E-state index >= 15 is 0 Å². The smallest absolute Gasteiger partial charge is 0.267 e. The van der Waals surface area contributed by atoms with Gasteiger partial charge in [0.25, 0.3) is 6.43 Å². The van der Waals surface area contributed by atoms with E-state index in [-0.39, 0.29) is 9.21 Å². The predicted octanol–water partition coefficient (Wildman–Crippen LogP) is 3.25. The van der Waals surface area contributed by atoms with Crippen molar-refractivity contribution in [3.63, 3.8) is 0 Å². The van der Waals surface area contributed by atoms with Crippen molar-refractivity contribution in [2.75, 3.05) is 0 Å². The van der Waals surface area contributed by atoms with Gasteiger partial charge >= 0.3 is 0 Å². The molecule has 0 bridgehead atoms. The van der Waals surface area contributed by atoms with Crippen molar-refractivity contribution in [1.82, 2.24) is 4.98 Å². The van der Waals surface area contributed by atoms with Gasteiger partial charge in [0.15, 0.2) is 5.75 Å². The molecule has 0 unspecified atom stereocenters. The molecule has 1 N–H and O–H groups in total. The van der Waals surface area contributed by atoms with E-state index in [4.69, 9.17) is 5.11 Å². The Kier molecular flexibility index (Phi) is 3.00. The van der Waals surface area contributed by atoms with E-state index in [1.54, 1.807) is 0 Å². The van der Waals surface area contributed by atoms with E-state index in [2.05, 4.69) is 36.8 Å². The van der Waals surface area contributed by atoms with Crippen molar-refractivity contribution in [3.8, 4) is 5.75 Å². The van der Waals surface area contributed by atoms with Crippen LogP contribution in [0, 0.1) is 0 Å². The largest absolute Gasteiger partial charge is 0.505 e. The molecule has 0 saturated carbocycles. The lowest BCUT2D eigenvalue weighted by atomic mass is 10.2. The molecule has 2 nitrogen and oxygen atoms in total. The third kappa shape index (κ3) is 1.92. The van der Waals surface area contributed by atoms with Crippen molar-refractivity contribution in [2.24, 2.45) is 0 Å². The Morgan fingerprint density at radius 3 is 2.50 bits per heavy atom. The Balaban J connectivity index is 3.28. The third-order valence-corrected chi connectivity index (χ3v) is 2.14. The maximum Gasteiger partial charge on any atom is 0.267 e. The molecule has 0 aromatic carbocycles. The Morgan fingerprint density at radius 1 is 1.42 bits per heavy atom. The lowest BCUT2D eigenvalue weighted by molar-refractivity contribution is 0.147. The van der Waals surface area contributed by atoms with Gasteiger partial charge in [-0.15, -0.1) is 0 Å². The number of alkyl halides is 2. The van der Waals surface area contributed by atoms with Crippen molar-refractivity contribution in [2.45, 2.75) is 6.43 Å². The van der Waals surface area contributed by atoms with Crippen molar-refractivity contribution < 1.29 is 13.9 Å². The number of rotatable bonds is 1. The minimum Gasteiger partial charge on any atom is -0.505 e. The summed E-state index contributed by atoms with van der Waals surface area (Å²) in [5.74, 6) is -0.520. The lowest BCUT2D eigenvalue weighted by Crippen LogP contribution is -1.89. The van der Waals surface area contributed by atoms with E-state index in [0.717, 1.165) is 6.07 Å². The first-order chi connectivity index (χ1) is 5.52. The summed E-state index contributed by atoms with van der Waals surface area (Å²) in [7, 11) is 0. The van der Waals surface area contributed by atoms with Gasteiger partial charge in [-0.1, -0.05) is 0 Å². The summed E-state index contributed by atoms with van der Waals surface area (Å²) in [6.07, 6.45) is -2.71. The molecule has 0 atom stereocenters. The van der Waals surface area contributed by atoms with Gasteiger partial charge in [0.1, 0.15) is 9.21 Å². The molecular formula is C6H3Br2F2NO. The first-order valence-electron chi connectivity index (χ1n) is 2.85. The molecular weight excluding hydrogens is 300 g/mol. The number of pyridine rings is 1. The Bertz CT molecular complexity index is 306. The molecule has 1 aromatic heterocycles. The Labute approximate surface area is 83.9 Å². The average Bonchev–Trinajstić information content (AvgIpc) is 1.96. The fraction of sp³-hybridized carbons (Fsp3) is 0.167. The summed E-state index contributed by atoms with van der Waals surface area (Å²) >= 11 is 5.77. The van der Waals surface area contributed by atoms with Crippen LogP contribution >= 0.6 is 31.9 Å². The Morgan fingerprint density at radius 2 is 2.00 bits per heavy atom. The topological polar surface area (TPSA) is 33.1 Å². The maximum absolute atomic E-state index is 12.2. The van der Waals surface area contributed by atoms with E-state index in [1.165, 1.54) is 0 Å². The second-order valence-electron chi connectivity index (χ2n) is 1.97. The second kappa shape index (κ2) is 3.66. The zero-order chi connectivity index (χ0) is 9.30. The van der Waals surface area contributed by atoms with Crippen molar-refractivity contribution in [1.29, 1.82) is 0 Å². The highest BCUT2D eigenvalue weighted by Gasteiger charge is 2.16. The number of halogens is 4. The quantitative estimate of drug-likeness (QED) is 0.808. The molecule has 0 radical (unpaired) electrons. The van der Waals surface area contributed by atoms with Crippen LogP contribution in [-0.4, -0.2) is 10.1 Å². The number of aromatic hydroxyl groups is 1. The highest BCUT2D eigenvalue weighted by atomic mass is 79.9. The fourth-order valence-corrected chi connectivity index (χ4v) is 1.74. The van der Waals surface area contributed by atoms with Crippen LogP contribution < -0.4 is 0 Å². The van der Waals surface area contributed by atoms with E-state index in [9.17, 15) is 8.78 Å². The van der Waals surface area contributed by atoms with Crippen LogP contribution in [0.2, 0.25) is 0 Å². The van der Waals surface area contributed by atoms with Crippen LogP contribution in [0.4, 0.5) is 8.78 Å². The van der Waals surface area contributed by atoms with Crippen LogP contribution in [0.15, 0.2) is 15.3 Å². The highest BCUT2D eigenvalue weighted by Crippen LogP contribution is 2.34. The number of nitrogens with zero attached hydrogens (tertiary/aromatic N) is 1. The minimum absolute atomic E-state index is 0.00664. The van der Waals surface area contributed by atoms with Gasteiger partial charge in [0.2, 0.25) is 0 Å². The maximum atomic E-state index is 12.2. The summed E-state index contributed by atoms with van der Waals surface area (Å²) in [4.78, 5) is 3.67. The molecule has 0 saturated heterocycles. The molecule has 0 spiro atoms. The molecule has 1 aromatic rings. The molecule has 0 aliphatic carbocycles. The minimum atomic E-state index is -2.71. The number of hydrogen-bond donors (Lipinski definition) is 1. The van der Waals surface area contributed by atoms with Gasteiger partial charge < -0.3 is 5.11 Å². The third-order valence-electron chi connectivity index (χ3n) is 1.18. The molecule has 0 aliphatic rings. The molecule has 12 heavy (non-hydrogen) atoms. The lowest BCUT2D eigenvalue weighted by Gasteiger charge is -2.04. The second-order valence-corrected chi connectivity index (χ2v) is 3.54. The summed E-state index contributed by atoms with van der Waals surface area (Å²) < 4.78 is 24.6. The van der Waals surface area contributed by atoms with Gasteiger partial charge in [-0.05, 0) is 37.9 Å². The van der Waals surface area contributed by atoms with Crippen LogP contribution in [0.3, 0.4) is 0 Å². The van der Waals surface area contributed by atoms with Crippen LogP contribution in [-0.2, 0) is 0 Å². The standard InChI is InChI=1S/C6H3Br2F2NO/c7-3-1-2(6(9)10)4(12)5(8)11-3/h1,6,12H. The van der Waals surface area contributed by atoms with Gasteiger partial charge in [-0.3, -0.25) is 0 Å². The number of hydrogen-bond acceptors (Lipinski definition) is 2. The molecule has 1 heterocycles. The van der Waals surface area contributed by atoms with Crippen LogP contribution in [0.5, 0.6) is 5.75 Å². The molecule has 6 heteroatoms. The van der Waals surface area contributed by atoms with Gasteiger partial charge in [-0.2, -0.15) is 0 Å². The summed E-state index contributed by atoms with van der Waals surface area (Å²) in [6, 6.07) is 1.07. The summed E-state index contributed by atoms with van der Waals surface area (Å²) in [5.41, 5.74) is -0.441. The number of aromatic nitrogens is 1. The zero-order valence-electron chi connectivity index (χ0n) is 5.56. The normalized spacial score (nSPS) is 10.8. The summed E-state index contributed by atoms with van der Waals surface area (Å²) in [6.45, 7) is 0. The van der Waals surface area contributed by atoms with Gasteiger partial charge in [0.05, 0.1) is 5.56 Å². The SMILES string of the molecule is Oc1c(C(F)F)cc(Br)nc1Br. The first-order valence-corrected chi connectivity index (χ1v) is 4.44. The predicted molar refractivity (Wildman–Crippen MR) is 46.3 cm³/mol. The molecule has 0 amide bonds. The molecule has 1 rings (SSSR count). The molecule has 66 valence electrons. The molecule has 0 aliphatic heterocycles. The first kappa shape index (κ1) is 9.85. The van der Waals surface area contributed by atoms with E-state index in [1.807, 2.05) is 0 Å². The van der Waals surface area contributed by atoms with E-state index < -0.39 is 17.7 Å². The Hall–Kier alpha value is -0.230. The van der Waals surface area contributed by atoms with Crippen molar-refractivity contribution in [3.05, 3.63) is 20.8 Å². The average molecular weight is 303 g/mol. The summed E-state index contributed by atoms with van der Waals surface area (Å²) in [5, 5.41) is 9.08. The fourth-order valence-electron chi connectivity index (χ4n) is 0.661. The van der Waals surface area contributed by atoms with Crippen LogP contribution in [0.25, 0.3) is 0 Å². The highest BCUT2D eigenvalue weighted by molar-refractivity contribution is 9.11. The van der Waals surface area contributed by atoms with Gasteiger partial charge in [-0.25, -0.2) is 13.8 Å². The van der Waals surface area contributed by atoms with Gasteiger partial charge in [0, 0.05) is 0 Å².